The number of nitrogens with one attached hydrogen (secondary N) is 1. The molecule has 1 saturated heterocycles. The molecule has 0 radical (unpaired) electrons. The van der Waals surface area contributed by atoms with Crippen molar-refractivity contribution in [2.75, 3.05) is 32.8 Å². The van der Waals surface area contributed by atoms with Crippen LogP contribution in [-0.4, -0.2) is 46.1 Å². The van der Waals surface area contributed by atoms with Crippen LogP contribution < -0.4 is 4.72 Å². The van der Waals surface area contributed by atoms with Crippen LogP contribution in [0.5, 0.6) is 0 Å². The highest BCUT2D eigenvalue weighted by atomic mass is 32.2. The average Bonchev–Trinajstić information content (AvgIpc) is 2.64. The summed E-state index contributed by atoms with van der Waals surface area (Å²) in [6.07, 6.45) is 0.0146. The number of ether oxygens (including phenoxy) is 1. The molecule has 2 aromatic carbocycles. The first-order valence-electron chi connectivity index (χ1n) is 8.62. The molecule has 7 heteroatoms. The number of hydrogen-bond donors (Lipinski definition) is 1. The molecule has 1 N–H and O–H groups in total. The first-order chi connectivity index (χ1) is 12.5. The Labute approximate surface area is 153 Å². The molecule has 140 valence electrons. The third kappa shape index (κ3) is 5.60. The van der Waals surface area contributed by atoms with Gasteiger partial charge in [-0.2, -0.15) is 0 Å². The molecule has 0 saturated carbocycles. The topological polar surface area (TPSA) is 58.6 Å². The van der Waals surface area contributed by atoms with Gasteiger partial charge in [-0.3, -0.25) is 4.90 Å². The SMILES string of the molecule is O=S(=O)(Cc1ccc(F)cc1)NCCN1CCOC(c2ccccc2)C1. The van der Waals surface area contributed by atoms with Gasteiger partial charge in [0.25, 0.3) is 0 Å². The lowest BCUT2D eigenvalue weighted by atomic mass is 10.1. The van der Waals surface area contributed by atoms with Gasteiger partial charge < -0.3 is 4.74 Å². The van der Waals surface area contributed by atoms with E-state index in [1.165, 1.54) is 24.3 Å². The highest BCUT2D eigenvalue weighted by molar-refractivity contribution is 7.88. The highest BCUT2D eigenvalue weighted by Crippen LogP contribution is 2.21. The zero-order valence-electron chi connectivity index (χ0n) is 14.5. The Bertz CT molecular complexity index is 797. The molecule has 1 fully saturated rings. The third-order valence-corrected chi connectivity index (χ3v) is 5.70. The number of halogens is 1. The summed E-state index contributed by atoms with van der Waals surface area (Å²) < 4.78 is 45.7. The lowest BCUT2D eigenvalue weighted by molar-refractivity contribution is -0.0291. The van der Waals surface area contributed by atoms with E-state index in [0.29, 0.717) is 25.3 Å². The Balaban J connectivity index is 1.47. The minimum atomic E-state index is -3.44. The van der Waals surface area contributed by atoms with Crippen molar-refractivity contribution in [3.8, 4) is 0 Å². The van der Waals surface area contributed by atoms with E-state index in [2.05, 4.69) is 9.62 Å². The second kappa shape index (κ2) is 8.73. The smallest absolute Gasteiger partial charge is 0.215 e. The first-order valence-corrected chi connectivity index (χ1v) is 10.3. The van der Waals surface area contributed by atoms with Crippen molar-refractivity contribution in [2.45, 2.75) is 11.9 Å². The van der Waals surface area contributed by atoms with Gasteiger partial charge in [0, 0.05) is 26.2 Å². The van der Waals surface area contributed by atoms with Crippen LogP contribution in [0.2, 0.25) is 0 Å². The minimum absolute atomic E-state index is 0.0146. The van der Waals surface area contributed by atoms with E-state index in [4.69, 9.17) is 4.74 Å². The molecule has 0 aromatic heterocycles. The second-order valence-electron chi connectivity index (χ2n) is 6.35. The molecule has 5 nitrogen and oxygen atoms in total. The molecule has 1 atom stereocenters. The Hall–Kier alpha value is -1.80. The maximum atomic E-state index is 12.9. The second-order valence-corrected chi connectivity index (χ2v) is 8.16. The van der Waals surface area contributed by atoms with Gasteiger partial charge >= 0.3 is 0 Å². The zero-order chi connectivity index (χ0) is 18.4. The van der Waals surface area contributed by atoms with Crippen molar-refractivity contribution >= 4 is 10.0 Å². The molecule has 3 rings (SSSR count). The highest BCUT2D eigenvalue weighted by Gasteiger charge is 2.22. The van der Waals surface area contributed by atoms with Gasteiger partial charge in [0.05, 0.1) is 18.5 Å². The van der Waals surface area contributed by atoms with Crippen LogP contribution in [-0.2, 0) is 20.5 Å². The van der Waals surface area contributed by atoms with Crippen LogP contribution in [0.15, 0.2) is 54.6 Å². The molecule has 1 unspecified atom stereocenters. The summed E-state index contributed by atoms with van der Waals surface area (Å²) >= 11 is 0. The molecule has 26 heavy (non-hydrogen) atoms. The largest absolute Gasteiger partial charge is 0.371 e. The molecule has 0 spiro atoms. The standard InChI is InChI=1S/C19H23FN2O3S/c20-18-8-6-16(7-9-18)15-26(23,24)21-10-11-22-12-13-25-19(14-22)17-4-2-1-3-5-17/h1-9,19,21H,10-15H2. The summed E-state index contributed by atoms with van der Waals surface area (Å²) in [4.78, 5) is 2.20. The zero-order valence-corrected chi connectivity index (χ0v) is 15.3. The van der Waals surface area contributed by atoms with E-state index >= 15 is 0 Å². The van der Waals surface area contributed by atoms with Gasteiger partial charge in [-0.15, -0.1) is 0 Å². The molecular weight excluding hydrogens is 355 g/mol. The van der Waals surface area contributed by atoms with Gasteiger partial charge in [0.2, 0.25) is 10.0 Å². The number of sulfonamides is 1. The van der Waals surface area contributed by atoms with Crippen LogP contribution in [0, 0.1) is 5.82 Å². The molecule has 0 bridgehead atoms. The number of nitrogens with zero attached hydrogens (tertiary/aromatic N) is 1. The summed E-state index contributed by atoms with van der Waals surface area (Å²) in [5.41, 5.74) is 1.70. The Morgan fingerprint density at radius 3 is 2.58 bits per heavy atom. The van der Waals surface area contributed by atoms with Gasteiger partial charge in [0.1, 0.15) is 5.82 Å². The molecule has 2 aromatic rings. The van der Waals surface area contributed by atoms with Crippen LogP contribution in [0.3, 0.4) is 0 Å². The summed E-state index contributed by atoms with van der Waals surface area (Å²) in [7, 11) is -3.44. The van der Waals surface area contributed by atoms with Crippen LogP contribution in [0.4, 0.5) is 4.39 Å². The van der Waals surface area contributed by atoms with Crippen molar-refractivity contribution < 1.29 is 17.5 Å². The lowest BCUT2D eigenvalue weighted by Crippen LogP contribution is -2.42. The molecule has 0 aliphatic carbocycles. The normalized spacial score (nSPS) is 18.7. The molecule has 0 amide bonds. The van der Waals surface area contributed by atoms with Crippen molar-refractivity contribution in [2.24, 2.45) is 0 Å². The minimum Gasteiger partial charge on any atom is -0.371 e. The Morgan fingerprint density at radius 2 is 1.85 bits per heavy atom. The van der Waals surface area contributed by atoms with E-state index in [-0.39, 0.29) is 17.7 Å². The van der Waals surface area contributed by atoms with Crippen LogP contribution in [0.25, 0.3) is 0 Å². The summed E-state index contributed by atoms with van der Waals surface area (Å²) in [6, 6.07) is 15.5. The fourth-order valence-corrected chi connectivity index (χ4v) is 4.12. The number of hydrogen-bond acceptors (Lipinski definition) is 4. The summed E-state index contributed by atoms with van der Waals surface area (Å²) in [6.45, 7) is 3.11. The number of benzene rings is 2. The molecule has 1 heterocycles. The first kappa shape index (κ1) is 19.0. The van der Waals surface area contributed by atoms with Gasteiger partial charge in [-0.25, -0.2) is 17.5 Å². The molecular formula is C19H23FN2O3S. The van der Waals surface area contributed by atoms with Gasteiger partial charge in [0.15, 0.2) is 0 Å². The lowest BCUT2D eigenvalue weighted by Gasteiger charge is -2.33. The third-order valence-electron chi connectivity index (χ3n) is 4.34. The average molecular weight is 378 g/mol. The van der Waals surface area contributed by atoms with Crippen molar-refractivity contribution in [1.29, 1.82) is 0 Å². The molecule has 1 aliphatic rings. The van der Waals surface area contributed by atoms with Gasteiger partial charge in [-0.1, -0.05) is 42.5 Å². The van der Waals surface area contributed by atoms with E-state index in [9.17, 15) is 12.8 Å². The van der Waals surface area contributed by atoms with Crippen LogP contribution in [0.1, 0.15) is 17.2 Å². The van der Waals surface area contributed by atoms with Gasteiger partial charge in [-0.05, 0) is 23.3 Å². The van der Waals surface area contributed by atoms with E-state index in [0.717, 1.165) is 18.7 Å². The predicted octanol–water partition coefficient (Wildman–Crippen LogP) is 2.32. The Kier molecular flexibility index (Phi) is 6.37. The number of morpholine rings is 1. The van der Waals surface area contributed by atoms with E-state index in [1.807, 2.05) is 30.3 Å². The molecule has 1 aliphatic heterocycles. The van der Waals surface area contributed by atoms with Crippen molar-refractivity contribution in [3.05, 3.63) is 71.5 Å². The maximum absolute atomic E-state index is 12.9. The maximum Gasteiger partial charge on any atom is 0.215 e. The van der Waals surface area contributed by atoms with Crippen molar-refractivity contribution in [1.82, 2.24) is 9.62 Å². The van der Waals surface area contributed by atoms with Crippen LogP contribution >= 0.6 is 0 Å². The van der Waals surface area contributed by atoms with E-state index in [1.54, 1.807) is 0 Å². The fraction of sp³-hybridized carbons (Fsp3) is 0.368. The predicted molar refractivity (Wildman–Crippen MR) is 98.6 cm³/mol. The Morgan fingerprint density at radius 1 is 1.12 bits per heavy atom. The quantitative estimate of drug-likeness (QED) is 0.803. The van der Waals surface area contributed by atoms with Crippen molar-refractivity contribution in [3.63, 3.8) is 0 Å². The summed E-state index contributed by atoms with van der Waals surface area (Å²) in [5, 5.41) is 0. The number of rotatable bonds is 7. The van der Waals surface area contributed by atoms with E-state index < -0.39 is 10.0 Å². The summed E-state index contributed by atoms with van der Waals surface area (Å²) in [5.74, 6) is -0.525. The monoisotopic (exact) mass is 378 g/mol. The fourth-order valence-electron chi connectivity index (χ4n) is 2.99.